The third-order valence-electron chi connectivity index (χ3n) is 3.98. The second-order valence-electron chi connectivity index (χ2n) is 5.84. The number of rotatable bonds is 7. The summed E-state index contributed by atoms with van der Waals surface area (Å²) in [6.07, 6.45) is 2.03. The predicted molar refractivity (Wildman–Crippen MR) is 87.5 cm³/mol. The molecule has 5 nitrogen and oxygen atoms in total. The predicted octanol–water partition coefficient (Wildman–Crippen LogP) is 2.29. The molecule has 1 aliphatic heterocycles. The Labute approximate surface area is 133 Å². The van der Waals surface area contributed by atoms with Crippen LogP contribution in [0.25, 0.3) is 0 Å². The van der Waals surface area contributed by atoms with Crippen molar-refractivity contribution < 1.29 is 13.2 Å². The minimum Gasteiger partial charge on any atom is -0.377 e. The van der Waals surface area contributed by atoms with Crippen molar-refractivity contribution in [2.45, 2.75) is 39.8 Å². The highest BCUT2D eigenvalue weighted by Crippen LogP contribution is 2.18. The van der Waals surface area contributed by atoms with Crippen LogP contribution in [0, 0.1) is 5.92 Å². The molecule has 1 aromatic carbocycles. The van der Waals surface area contributed by atoms with Gasteiger partial charge in [0, 0.05) is 26.2 Å². The van der Waals surface area contributed by atoms with E-state index in [1.165, 1.54) is 0 Å². The van der Waals surface area contributed by atoms with E-state index >= 15 is 0 Å². The Morgan fingerprint density at radius 1 is 1.32 bits per heavy atom. The first-order valence-corrected chi connectivity index (χ1v) is 9.36. The van der Waals surface area contributed by atoms with E-state index in [0.717, 1.165) is 24.0 Å². The number of nitrogens with zero attached hydrogens (tertiary/aromatic N) is 1. The fourth-order valence-electron chi connectivity index (χ4n) is 2.71. The molecule has 0 aliphatic carbocycles. The van der Waals surface area contributed by atoms with Crippen LogP contribution in [-0.4, -0.2) is 32.4 Å². The lowest BCUT2D eigenvalue weighted by Gasteiger charge is -2.30. The molecule has 124 valence electrons. The molecule has 1 unspecified atom stereocenters. The zero-order chi connectivity index (χ0) is 16.0. The van der Waals surface area contributed by atoms with Gasteiger partial charge in [-0.3, -0.25) is 0 Å². The maximum atomic E-state index is 12.4. The van der Waals surface area contributed by atoms with Gasteiger partial charge >= 0.3 is 0 Å². The van der Waals surface area contributed by atoms with Gasteiger partial charge in [0.2, 0.25) is 0 Å². The highest BCUT2D eigenvalue weighted by atomic mass is 32.2. The Bertz CT molecular complexity index is 575. The number of hydrogen-bond acceptors (Lipinski definition) is 3. The fourth-order valence-corrected chi connectivity index (χ4v) is 4.05. The highest BCUT2D eigenvalue weighted by molar-refractivity contribution is 7.87. The van der Waals surface area contributed by atoms with Crippen molar-refractivity contribution in [3.8, 4) is 0 Å². The second-order valence-corrected chi connectivity index (χ2v) is 7.59. The van der Waals surface area contributed by atoms with Gasteiger partial charge in [-0.1, -0.05) is 31.2 Å². The maximum absolute atomic E-state index is 12.4. The van der Waals surface area contributed by atoms with E-state index in [-0.39, 0.29) is 0 Å². The Hall–Kier alpha value is -0.950. The molecule has 0 amide bonds. The van der Waals surface area contributed by atoms with Crippen molar-refractivity contribution in [3.63, 3.8) is 0 Å². The smallest absolute Gasteiger partial charge is 0.279 e. The topological polar surface area (TPSA) is 58.6 Å². The summed E-state index contributed by atoms with van der Waals surface area (Å²) < 4.78 is 34.5. The summed E-state index contributed by atoms with van der Waals surface area (Å²) in [4.78, 5) is 0. The van der Waals surface area contributed by atoms with Crippen LogP contribution in [-0.2, 0) is 28.1 Å². The van der Waals surface area contributed by atoms with Crippen molar-refractivity contribution in [1.82, 2.24) is 9.03 Å². The number of nitrogens with one attached hydrogen (secondary N) is 1. The van der Waals surface area contributed by atoms with Crippen LogP contribution in [0.15, 0.2) is 24.3 Å². The molecule has 1 heterocycles. The molecule has 0 saturated carbocycles. The Balaban J connectivity index is 1.99. The van der Waals surface area contributed by atoms with Gasteiger partial charge in [0.15, 0.2) is 0 Å². The molecule has 1 aliphatic rings. The number of ether oxygens (including phenoxy) is 1. The number of hydrogen-bond donors (Lipinski definition) is 1. The molecule has 1 fully saturated rings. The lowest BCUT2D eigenvalue weighted by Crippen LogP contribution is -2.45. The Morgan fingerprint density at radius 2 is 2.05 bits per heavy atom. The molecule has 0 spiro atoms. The van der Waals surface area contributed by atoms with Crippen LogP contribution in [0.3, 0.4) is 0 Å². The maximum Gasteiger partial charge on any atom is 0.279 e. The van der Waals surface area contributed by atoms with Gasteiger partial charge in [0.1, 0.15) is 0 Å². The molecule has 1 atom stereocenters. The molecule has 1 N–H and O–H groups in total. The largest absolute Gasteiger partial charge is 0.377 e. The van der Waals surface area contributed by atoms with E-state index in [1.807, 2.05) is 31.2 Å². The SMILES string of the molecule is CCOCc1ccccc1CNS(=O)(=O)N1CCCC(C)C1. The summed E-state index contributed by atoms with van der Waals surface area (Å²) in [5.74, 6) is 0.426. The minimum atomic E-state index is -3.41. The van der Waals surface area contributed by atoms with Crippen LogP contribution >= 0.6 is 0 Å². The van der Waals surface area contributed by atoms with Crippen molar-refractivity contribution >= 4 is 10.2 Å². The summed E-state index contributed by atoms with van der Waals surface area (Å²) >= 11 is 0. The standard InChI is InChI=1S/C16H26N2O3S/c1-3-21-13-16-9-5-4-8-15(16)11-17-22(19,20)18-10-6-7-14(2)12-18/h4-5,8-9,14,17H,3,6-7,10-13H2,1-2H3. The van der Waals surface area contributed by atoms with Gasteiger partial charge in [-0.2, -0.15) is 17.4 Å². The first-order chi connectivity index (χ1) is 10.5. The van der Waals surface area contributed by atoms with Crippen LogP contribution in [0.2, 0.25) is 0 Å². The Morgan fingerprint density at radius 3 is 2.73 bits per heavy atom. The summed E-state index contributed by atoms with van der Waals surface area (Å²) in [7, 11) is -3.41. The van der Waals surface area contributed by atoms with E-state index < -0.39 is 10.2 Å². The molecular formula is C16H26N2O3S. The molecule has 1 aromatic rings. The average Bonchev–Trinajstić information content (AvgIpc) is 2.52. The van der Waals surface area contributed by atoms with Gasteiger partial charge in [0.25, 0.3) is 10.2 Å². The quantitative estimate of drug-likeness (QED) is 0.836. The van der Waals surface area contributed by atoms with Crippen LogP contribution in [0.4, 0.5) is 0 Å². The zero-order valence-electron chi connectivity index (χ0n) is 13.4. The lowest BCUT2D eigenvalue weighted by molar-refractivity contribution is 0.133. The first-order valence-electron chi connectivity index (χ1n) is 7.92. The van der Waals surface area contributed by atoms with E-state index in [0.29, 0.717) is 38.8 Å². The van der Waals surface area contributed by atoms with Gasteiger partial charge in [-0.05, 0) is 36.8 Å². The van der Waals surface area contributed by atoms with Gasteiger partial charge in [-0.15, -0.1) is 0 Å². The van der Waals surface area contributed by atoms with Crippen molar-refractivity contribution in [2.24, 2.45) is 5.92 Å². The van der Waals surface area contributed by atoms with Crippen LogP contribution in [0.1, 0.15) is 37.8 Å². The third kappa shape index (κ3) is 4.78. The van der Waals surface area contributed by atoms with Gasteiger partial charge in [0.05, 0.1) is 6.61 Å². The highest BCUT2D eigenvalue weighted by Gasteiger charge is 2.26. The van der Waals surface area contributed by atoms with Crippen LogP contribution in [0.5, 0.6) is 0 Å². The molecule has 0 bridgehead atoms. The third-order valence-corrected chi connectivity index (χ3v) is 5.51. The summed E-state index contributed by atoms with van der Waals surface area (Å²) in [5.41, 5.74) is 1.99. The molecule has 0 radical (unpaired) electrons. The second kappa shape index (κ2) is 8.06. The summed E-state index contributed by atoms with van der Waals surface area (Å²) in [5, 5.41) is 0. The molecular weight excluding hydrogens is 300 g/mol. The number of piperidine rings is 1. The molecule has 6 heteroatoms. The first kappa shape index (κ1) is 17.4. The van der Waals surface area contributed by atoms with Gasteiger partial charge < -0.3 is 4.74 Å². The van der Waals surface area contributed by atoms with E-state index in [1.54, 1.807) is 4.31 Å². The lowest BCUT2D eigenvalue weighted by atomic mass is 10.0. The number of benzene rings is 1. The van der Waals surface area contributed by atoms with E-state index in [9.17, 15) is 8.42 Å². The van der Waals surface area contributed by atoms with Crippen LogP contribution < -0.4 is 4.72 Å². The molecule has 0 aromatic heterocycles. The van der Waals surface area contributed by atoms with Gasteiger partial charge in [-0.25, -0.2) is 0 Å². The minimum absolute atomic E-state index is 0.302. The summed E-state index contributed by atoms with van der Waals surface area (Å²) in [6.45, 7) is 6.72. The molecule has 2 rings (SSSR count). The van der Waals surface area contributed by atoms with Crippen molar-refractivity contribution in [2.75, 3.05) is 19.7 Å². The zero-order valence-corrected chi connectivity index (χ0v) is 14.2. The molecule has 22 heavy (non-hydrogen) atoms. The van der Waals surface area contributed by atoms with Crippen molar-refractivity contribution in [3.05, 3.63) is 35.4 Å². The normalized spacial score (nSPS) is 20.2. The van der Waals surface area contributed by atoms with E-state index in [2.05, 4.69) is 11.6 Å². The monoisotopic (exact) mass is 326 g/mol. The molecule has 1 saturated heterocycles. The Kier molecular flexibility index (Phi) is 6.37. The van der Waals surface area contributed by atoms with Crippen molar-refractivity contribution in [1.29, 1.82) is 0 Å². The van der Waals surface area contributed by atoms with E-state index in [4.69, 9.17) is 4.74 Å². The fraction of sp³-hybridized carbons (Fsp3) is 0.625. The summed E-state index contributed by atoms with van der Waals surface area (Å²) in [6, 6.07) is 7.78. The average molecular weight is 326 g/mol.